The van der Waals surface area contributed by atoms with Crippen LogP contribution in [0.5, 0.6) is 0 Å². The van der Waals surface area contributed by atoms with Crippen molar-refractivity contribution in [3.8, 4) is 0 Å². The first-order chi connectivity index (χ1) is 8.32. The Labute approximate surface area is 106 Å². The minimum Gasteiger partial charge on any atom is -0.481 e. The largest absolute Gasteiger partial charge is 0.481 e. The highest BCUT2D eigenvalue weighted by Gasteiger charge is 2.32. The Kier molecular flexibility index (Phi) is 5.07. The van der Waals surface area contributed by atoms with E-state index in [9.17, 15) is 14.0 Å². The maximum Gasteiger partial charge on any atom is 0.308 e. The maximum atomic E-state index is 13.3. The molecule has 5 nitrogen and oxygen atoms in total. The monoisotopic (exact) mass is 261 g/mol. The second-order valence-corrected chi connectivity index (χ2v) is 5.08. The first kappa shape index (κ1) is 14.9. The normalized spacial score (nSPS) is 19.3. The summed E-state index contributed by atoms with van der Waals surface area (Å²) < 4.78 is 18.5. The molecule has 2 N–H and O–H groups in total. The molecule has 1 unspecified atom stereocenters. The summed E-state index contributed by atoms with van der Waals surface area (Å²) in [6.07, 6.45) is 1.32. The highest BCUT2D eigenvalue weighted by molar-refractivity contribution is 5.84. The molecule has 0 bridgehead atoms. The van der Waals surface area contributed by atoms with Crippen LogP contribution in [0.25, 0.3) is 0 Å². The first-order valence-corrected chi connectivity index (χ1v) is 6.10. The molecule has 1 rings (SSSR count). The number of hydrogen-bond acceptors (Lipinski definition) is 3. The average molecular weight is 261 g/mol. The standard InChI is InChI=1S/C12H20FNO4/c1-12(2,13)11(17)14-7-9(10(15)16)8-3-5-18-6-4-8/h8-9H,3-7H2,1-2H3,(H,14,17)(H,15,16). The lowest BCUT2D eigenvalue weighted by Crippen LogP contribution is -2.44. The van der Waals surface area contributed by atoms with Crippen LogP contribution < -0.4 is 5.32 Å². The Morgan fingerprint density at radius 3 is 2.44 bits per heavy atom. The first-order valence-electron chi connectivity index (χ1n) is 6.10. The number of alkyl halides is 1. The van der Waals surface area contributed by atoms with Crippen molar-refractivity contribution < 1.29 is 23.8 Å². The van der Waals surface area contributed by atoms with Gasteiger partial charge in [0, 0.05) is 19.8 Å². The van der Waals surface area contributed by atoms with Crippen LogP contribution in [-0.2, 0) is 14.3 Å². The molecule has 0 aromatic carbocycles. The van der Waals surface area contributed by atoms with Gasteiger partial charge in [0.1, 0.15) is 0 Å². The predicted octanol–water partition coefficient (Wildman–Crippen LogP) is 0.978. The third-order valence-electron chi connectivity index (χ3n) is 3.17. The summed E-state index contributed by atoms with van der Waals surface area (Å²) in [6, 6.07) is 0. The Bertz CT molecular complexity index is 308. The van der Waals surface area contributed by atoms with Crippen molar-refractivity contribution in [2.75, 3.05) is 19.8 Å². The van der Waals surface area contributed by atoms with E-state index in [1.54, 1.807) is 0 Å². The van der Waals surface area contributed by atoms with Gasteiger partial charge in [-0.05, 0) is 32.6 Å². The zero-order valence-corrected chi connectivity index (χ0v) is 10.7. The Morgan fingerprint density at radius 2 is 2.00 bits per heavy atom. The number of nitrogens with one attached hydrogen (secondary N) is 1. The molecule has 1 heterocycles. The van der Waals surface area contributed by atoms with Crippen LogP contribution >= 0.6 is 0 Å². The molecular weight excluding hydrogens is 241 g/mol. The van der Waals surface area contributed by atoms with Crippen LogP contribution in [-0.4, -0.2) is 42.4 Å². The summed E-state index contributed by atoms with van der Waals surface area (Å²) in [7, 11) is 0. The van der Waals surface area contributed by atoms with E-state index in [4.69, 9.17) is 9.84 Å². The van der Waals surface area contributed by atoms with Gasteiger partial charge in [0.15, 0.2) is 5.67 Å². The molecule has 1 amide bonds. The van der Waals surface area contributed by atoms with Crippen molar-refractivity contribution in [2.45, 2.75) is 32.4 Å². The predicted molar refractivity (Wildman–Crippen MR) is 62.9 cm³/mol. The van der Waals surface area contributed by atoms with Crippen molar-refractivity contribution in [3.05, 3.63) is 0 Å². The fourth-order valence-electron chi connectivity index (χ4n) is 1.99. The van der Waals surface area contributed by atoms with Crippen molar-refractivity contribution >= 4 is 11.9 Å². The fraction of sp³-hybridized carbons (Fsp3) is 0.833. The number of hydrogen-bond donors (Lipinski definition) is 2. The van der Waals surface area contributed by atoms with Crippen molar-refractivity contribution in [1.29, 1.82) is 0 Å². The van der Waals surface area contributed by atoms with Gasteiger partial charge < -0.3 is 15.2 Å². The molecule has 0 saturated carbocycles. The summed E-state index contributed by atoms with van der Waals surface area (Å²) in [4.78, 5) is 22.5. The van der Waals surface area contributed by atoms with Gasteiger partial charge in [-0.25, -0.2) is 4.39 Å². The number of amides is 1. The number of ether oxygens (including phenoxy) is 1. The zero-order valence-electron chi connectivity index (χ0n) is 10.7. The topological polar surface area (TPSA) is 75.6 Å². The summed E-state index contributed by atoms with van der Waals surface area (Å²) in [5.41, 5.74) is -1.99. The molecule has 1 atom stereocenters. The lowest BCUT2D eigenvalue weighted by Gasteiger charge is -2.28. The minimum absolute atomic E-state index is 0.0285. The van der Waals surface area contributed by atoms with Crippen LogP contribution in [0.4, 0.5) is 4.39 Å². The molecule has 1 aliphatic heterocycles. The molecule has 0 aromatic rings. The molecule has 6 heteroatoms. The van der Waals surface area contributed by atoms with Crippen molar-refractivity contribution in [2.24, 2.45) is 11.8 Å². The summed E-state index contributed by atoms with van der Waals surface area (Å²) in [6.45, 7) is 3.33. The number of carboxylic acids is 1. The van der Waals surface area contributed by atoms with Gasteiger partial charge in [0.25, 0.3) is 5.91 Å². The van der Waals surface area contributed by atoms with E-state index in [2.05, 4.69) is 5.32 Å². The van der Waals surface area contributed by atoms with E-state index in [0.29, 0.717) is 26.1 Å². The van der Waals surface area contributed by atoms with Crippen LogP contribution in [0.15, 0.2) is 0 Å². The second-order valence-electron chi connectivity index (χ2n) is 5.08. The van der Waals surface area contributed by atoms with Gasteiger partial charge in [-0.1, -0.05) is 0 Å². The molecule has 1 fully saturated rings. The Balaban J connectivity index is 2.53. The number of carboxylic acid groups (broad SMARTS) is 1. The van der Waals surface area contributed by atoms with E-state index in [1.807, 2.05) is 0 Å². The van der Waals surface area contributed by atoms with Gasteiger partial charge in [0.05, 0.1) is 5.92 Å². The summed E-state index contributed by atoms with van der Waals surface area (Å²) in [5, 5.41) is 11.5. The van der Waals surface area contributed by atoms with Gasteiger partial charge in [-0.3, -0.25) is 9.59 Å². The van der Waals surface area contributed by atoms with E-state index in [1.165, 1.54) is 0 Å². The van der Waals surface area contributed by atoms with Gasteiger partial charge >= 0.3 is 5.97 Å². The highest BCUT2D eigenvalue weighted by atomic mass is 19.1. The van der Waals surface area contributed by atoms with E-state index in [-0.39, 0.29) is 12.5 Å². The zero-order chi connectivity index (χ0) is 13.8. The van der Waals surface area contributed by atoms with Gasteiger partial charge in [-0.15, -0.1) is 0 Å². The second kappa shape index (κ2) is 6.13. The van der Waals surface area contributed by atoms with Crippen LogP contribution in [0.3, 0.4) is 0 Å². The Morgan fingerprint density at radius 1 is 1.44 bits per heavy atom. The molecular formula is C12H20FNO4. The van der Waals surface area contributed by atoms with Crippen LogP contribution in [0.1, 0.15) is 26.7 Å². The van der Waals surface area contributed by atoms with Gasteiger partial charge in [0.2, 0.25) is 0 Å². The summed E-state index contributed by atoms with van der Waals surface area (Å²) in [5.74, 6) is -2.45. The number of carbonyl (C=O) groups excluding carboxylic acids is 1. The molecule has 18 heavy (non-hydrogen) atoms. The van der Waals surface area contributed by atoms with Gasteiger partial charge in [-0.2, -0.15) is 0 Å². The molecule has 1 aliphatic rings. The third kappa shape index (κ3) is 4.25. The van der Waals surface area contributed by atoms with Crippen molar-refractivity contribution in [1.82, 2.24) is 5.32 Å². The average Bonchev–Trinajstić information content (AvgIpc) is 2.28. The van der Waals surface area contributed by atoms with Crippen molar-refractivity contribution in [3.63, 3.8) is 0 Å². The Hall–Kier alpha value is -1.17. The number of rotatable bonds is 5. The lowest BCUT2D eigenvalue weighted by molar-refractivity contribution is -0.145. The SMILES string of the molecule is CC(C)(F)C(=O)NCC(C(=O)O)C1CCOCC1. The fourth-order valence-corrected chi connectivity index (χ4v) is 1.99. The maximum absolute atomic E-state index is 13.3. The number of carbonyl (C=O) groups is 2. The minimum atomic E-state index is -1.99. The molecule has 0 radical (unpaired) electrons. The molecule has 1 saturated heterocycles. The molecule has 0 spiro atoms. The van der Waals surface area contributed by atoms with E-state index >= 15 is 0 Å². The quantitative estimate of drug-likeness (QED) is 0.773. The third-order valence-corrected chi connectivity index (χ3v) is 3.17. The lowest BCUT2D eigenvalue weighted by atomic mass is 9.86. The molecule has 0 aromatic heterocycles. The summed E-state index contributed by atoms with van der Waals surface area (Å²) >= 11 is 0. The van der Waals surface area contributed by atoms with E-state index in [0.717, 1.165) is 13.8 Å². The van der Waals surface area contributed by atoms with Crippen LogP contribution in [0, 0.1) is 11.8 Å². The smallest absolute Gasteiger partial charge is 0.308 e. The van der Waals surface area contributed by atoms with Crippen LogP contribution in [0.2, 0.25) is 0 Å². The molecule has 104 valence electrons. The highest BCUT2D eigenvalue weighted by Crippen LogP contribution is 2.24. The number of halogens is 1. The van der Waals surface area contributed by atoms with E-state index < -0.39 is 23.5 Å². The molecule has 0 aliphatic carbocycles. The number of aliphatic carboxylic acids is 1.